The maximum atomic E-state index is 13.0. The Balaban J connectivity index is 2.66. The number of allylic oxidation sites excluding steroid dienone is 12. The predicted molar refractivity (Wildman–Crippen MR) is 261 cm³/mol. The summed E-state index contributed by atoms with van der Waals surface area (Å²) >= 11 is 0. The average molecular weight is 1010 g/mol. The third kappa shape index (κ3) is 32.9. The third-order valence-corrected chi connectivity index (χ3v) is 12.0. The molecule has 9 atom stereocenters. The van der Waals surface area contributed by atoms with Crippen LogP contribution in [0.25, 0.3) is 0 Å². The van der Waals surface area contributed by atoms with E-state index < -0.39 is 89.6 Å². The lowest BCUT2D eigenvalue weighted by Gasteiger charge is -2.43. The summed E-state index contributed by atoms with van der Waals surface area (Å²) in [4.78, 5) is 54.3. The van der Waals surface area contributed by atoms with Crippen LogP contribution in [0.2, 0.25) is 0 Å². The number of esters is 2. The van der Waals surface area contributed by atoms with Crippen molar-refractivity contribution >= 4 is 27.6 Å². The summed E-state index contributed by atoms with van der Waals surface area (Å²) in [6.45, 7) is 2.84. The highest BCUT2D eigenvalue weighted by atomic mass is 31.2. The molecular formula is C49H82O17P2. The average Bonchev–Trinajstić information content (AvgIpc) is 3.29. The number of carbonyl (C=O) groups excluding carboxylic acids is 2. The van der Waals surface area contributed by atoms with E-state index in [0.29, 0.717) is 32.1 Å². The van der Waals surface area contributed by atoms with Gasteiger partial charge in [-0.25, -0.2) is 9.13 Å². The SMILES string of the molecule is CC/C=C\C/C=C\CC(O)/C=C/C=C\C/C=C\CCCC(=O)O[C@H](COC(=O)CCCCCCCCC/C=C\C/C=C\CCCCC)COP(=O)(O)O[C@H]1C(O)C(O)C(O)[C@@H](OP(=O)(O)O)C1O. The molecule has 1 saturated carbocycles. The van der Waals surface area contributed by atoms with Gasteiger partial charge in [0.25, 0.3) is 0 Å². The van der Waals surface area contributed by atoms with Gasteiger partial charge in [-0.05, 0) is 77.0 Å². The van der Waals surface area contributed by atoms with Crippen molar-refractivity contribution in [2.75, 3.05) is 13.2 Å². The zero-order chi connectivity index (χ0) is 50.5. The second-order valence-electron chi connectivity index (χ2n) is 16.6. The highest BCUT2D eigenvalue weighted by Crippen LogP contribution is 2.49. The lowest BCUT2D eigenvalue weighted by atomic mass is 9.85. The number of ether oxygens (including phenoxy) is 2. The minimum Gasteiger partial charge on any atom is -0.462 e. The highest BCUT2D eigenvalue weighted by Gasteiger charge is 2.54. The van der Waals surface area contributed by atoms with Crippen LogP contribution in [0, 0.1) is 0 Å². The first kappa shape index (κ1) is 63.2. The molecule has 17 nitrogen and oxygen atoms in total. The van der Waals surface area contributed by atoms with Gasteiger partial charge < -0.3 is 49.7 Å². The van der Waals surface area contributed by atoms with Crippen LogP contribution in [0.15, 0.2) is 85.1 Å². The maximum Gasteiger partial charge on any atom is 0.472 e. The molecule has 1 aliphatic carbocycles. The number of aliphatic hydroxyl groups excluding tert-OH is 5. The molecule has 0 aromatic carbocycles. The summed E-state index contributed by atoms with van der Waals surface area (Å²) in [5.74, 6) is -1.33. The van der Waals surface area contributed by atoms with E-state index >= 15 is 0 Å². The van der Waals surface area contributed by atoms with Crippen LogP contribution in [-0.2, 0) is 41.8 Å². The number of phosphoric acid groups is 2. The number of phosphoric ester groups is 2. The normalized spacial score (nSPS) is 22.4. The Bertz CT molecular complexity index is 1650. The van der Waals surface area contributed by atoms with E-state index in [1.165, 1.54) is 19.3 Å². The van der Waals surface area contributed by atoms with Gasteiger partial charge in [0, 0.05) is 12.8 Å². The number of carbonyl (C=O) groups is 2. The summed E-state index contributed by atoms with van der Waals surface area (Å²) in [5, 5.41) is 51.3. The topological polar surface area (TPSA) is 276 Å². The standard InChI is InChI=1S/C49H82O17P2/c1-3-5-7-9-11-12-13-14-15-16-17-18-19-20-24-28-32-36-42(51)62-38-41(39-63-68(60,61)66-49-46(55)44(53)45(54)48(47(49)56)65-67(57,58)59)64-43(52)37-33-29-25-22-21-23-27-31-35-40(50)34-30-26-10-8-6-4-2/h6,8,11-12,14-15,22-23,25-27,30-31,35,40-41,44-50,53-56H,3-5,7,9-10,13,16-21,24,28-29,32-34,36-39H2,1-2H3,(H,60,61)(H2,57,58,59)/b8-6-,12-11-,15-14-,25-22-,27-23-,30-26-,35-31+/t40?,41-,44?,45?,46?,47?,48-,49+/m1/s1. The van der Waals surface area contributed by atoms with Crippen molar-refractivity contribution in [2.24, 2.45) is 0 Å². The van der Waals surface area contributed by atoms with Gasteiger partial charge in [-0.1, -0.05) is 144 Å². The molecule has 19 heteroatoms. The van der Waals surface area contributed by atoms with Gasteiger partial charge in [0.15, 0.2) is 6.10 Å². The first-order valence-corrected chi connectivity index (χ1v) is 27.3. The van der Waals surface area contributed by atoms with Crippen LogP contribution in [-0.4, -0.2) is 114 Å². The molecule has 390 valence electrons. The van der Waals surface area contributed by atoms with Gasteiger partial charge in [0.1, 0.15) is 43.2 Å². The Hall–Kier alpha value is -2.86. The van der Waals surface area contributed by atoms with Crippen LogP contribution in [0.4, 0.5) is 0 Å². The Morgan fingerprint density at radius 2 is 1.09 bits per heavy atom. The van der Waals surface area contributed by atoms with E-state index in [0.717, 1.165) is 70.6 Å². The lowest BCUT2D eigenvalue weighted by molar-refractivity contribution is -0.216. The van der Waals surface area contributed by atoms with E-state index in [9.17, 15) is 58.9 Å². The first-order chi connectivity index (χ1) is 32.5. The van der Waals surface area contributed by atoms with Crippen molar-refractivity contribution in [1.82, 2.24) is 0 Å². The maximum absolute atomic E-state index is 13.0. The fourth-order valence-corrected chi connectivity index (χ4v) is 8.30. The monoisotopic (exact) mass is 1000 g/mol. The van der Waals surface area contributed by atoms with E-state index in [1.807, 2.05) is 36.5 Å². The quantitative estimate of drug-likeness (QED) is 0.00944. The van der Waals surface area contributed by atoms with Crippen LogP contribution in [0.3, 0.4) is 0 Å². The van der Waals surface area contributed by atoms with Crippen molar-refractivity contribution in [3.63, 3.8) is 0 Å². The van der Waals surface area contributed by atoms with Crippen LogP contribution in [0.1, 0.15) is 149 Å². The van der Waals surface area contributed by atoms with Crippen LogP contribution >= 0.6 is 15.6 Å². The largest absolute Gasteiger partial charge is 0.472 e. The summed E-state index contributed by atoms with van der Waals surface area (Å²) in [7, 11) is -10.7. The van der Waals surface area contributed by atoms with Crippen molar-refractivity contribution in [3.05, 3.63) is 85.1 Å². The molecule has 8 N–H and O–H groups in total. The van der Waals surface area contributed by atoms with Gasteiger partial charge in [-0.2, -0.15) is 0 Å². The molecule has 0 aliphatic heterocycles. The molecule has 0 bridgehead atoms. The number of unbranched alkanes of at least 4 members (excludes halogenated alkanes) is 11. The zero-order valence-electron chi connectivity index (χ0n) is 40.1. The lowest BCUT2D eigenvalue weighted by Crippen LogP contribution is -2.64. The second-order valence-corrected chi connectivity index (χ2v) is 19.2. The molecule has 0 amide bonds. The molecule has 0 radical (unpaired) electrons. The van der Waals surface area contributed by atoms with Crippen LogP contribution < -0.4 is 0 Å². The minimum absolute atomic E-state index is 0.0724. The van der Waals surface area contributed by atoms with E-state index in [1.54, 1.807) is 12.2 Å². The number of hydrogen-bond donors (Lipinski definition) is 8. The van der Waals surface area contributed by atoms with Crippen molar-refractivity contribution in [2.45, 2.75) is 198 Å². The Kier molecular flexibility index (Phi) is 36.1. The second kappa shape index (κ2) is 38.8. The van der Waals surface area contributed by atoms with Crippen LogP contribution in [0.5, 0.6) is 0 Å². The predicted octanol–water partition coefficient (Wildman–Crippen LogP) is 8.36. The van der Waals surface area contributed by atoms with Crippen molar-refractivity contribution in [1.29, 1.82) is 0 Å². The smallest absolute Gasteiger partial charge is 0.462 e. The molecule has 0 spiro atoms. The number of hydrogen-bond acceptors (Lipinski definition) is 14. The fraction of sp³-hybridized carbons (Fsp3) is 0.673. The number of rotatable bonds is 39. The Labute approximate surface area is 404 Å². The molecule has 1 aliphatic rings. The van der Waals surface area contributed by atoms with Gasteiger partial charge in [-0.3, -0.25) is 23.2 Å². The Morgan fingerprint density at radius 3 is 1.71 bits per heavy atom. The molecule has 0 heterocycles. The molecule has 68 heavy (non-hydrogen) atoms. The summed E-state index contributed by atoms with van der Waals surface area (Å²) in [5.41, 5.74) is 0. The third-order valence-electron chi connectivity index (χ3n) is 10.5. The summed E-state index contributed by atoms with van der Waals surface area (Å²) in [6, 6.07) is 0. The fourth-order valence-electron chi connectivity index (χ4n) is 6.76. The van der Waals surface area contributed by atoms with Gasteiger partial charge in [0.2, 0.25) is 0 Å². The van der Waals surface area contributed by atoms with E-state index in [-0.39, 0.29) is 12.8 Å². The summed E-state index contributed by atoms with van der Waals surface area (Å²) < 4.78 is 49.3. The number of aliphatic hydroxyl groups is 5. The Morgan fingerprint density at radius 1 is 0.559 bits per heavy atom. The first-order valence-electron chi connectivity index (χ1n) is 24.2. The molecule has 0 aromatic heterocycles. The van der Waals surface area contributed by atoms with Gasteiger partial charge >= 0.3 is 27.6 Å². The molecule has 1 rings (SSSR count). The molecular weight excluding hydrogens is 922 g/mol. The van der Waals surface area contributed by atoms with E-state index in [2.05, 4.69) is 54.8 Å². The molecule has 0 aromatic rings. The van der Waals surface area contributed by atoms with Gasteiger partial charge in [0.05, 0.1) is 12.7 Å². The van der Waals surface area contributed by atoms with E-state index in [4.69, 9.17) is 18.5 Å². The highest BCUT2D eigenvalue weighted by molar-refractivity contribution is 7.47. The molecule has 1 fully saturated rings. The summed E-state index contributed by atoms with van der Waals surface area (Å²) in [6.07, 6.45) is 29.9. The van der Waals surface area contributed by atoms with Gasteiger partial charge in [-0.15, -0.1) is 0 Å². The zero-order valence-corrected chi connectivity index (χ0v) is 41.9. The van der Waals surface area contributed by atoms with Crippen molar-refractivity contribution in [3.8, 4) is 0 Å². The minimum atomic E-state index is -5.38. The molecule has 0 saturated heterocycles. The van der Waals surface area contributed by atoms with Crippen molar-refractivity contribution < 1.29 is 82.0 Å². The molecule has 6 unspecified atom stereocenters.